The van der Waals surface area contributed by atoms with Gasteiger partial charge < -0.3 is 15.2 Å². The van der Waals surface area contributed by atoms with Crippen LogP contribution in [0.4, 0.5) is 5.69 Å². The summed E-state index contributed by atoms with van der Waals surface area (Å²) in [5, 5.41) is 6.53. The summed E-state index contributed by atoms with van der Waals surface area (Å²) in [6, 6.07) is 14.6. The topological polar surface area (TPSA) is 59.0 Å². The van der Waals surface area contributed by atoms with E-state index >= 15 is 0 Å². The van der Waals surface area contributed by atoms with Crippen LogP contribution in [0.3, 0.4) is 0 Å². The van der Waals surface area contributed by atoms with E-state index in [1.54, 1.807) is 12.5 Å². The standard InChI is InChI=1S/C23H28N4O/c1-16-5-10-22(17(2)13-16)26-23(28)14-18(3)25-19(4)20-6-8-21(9-7-20)27-12-11-24-15-27/h5-13,15,18-19,25H,14H2,1-4H3,(H,26,28)/t18-,19-/m1/s1. The lowest BCUT2D eigenvalue weighted by atomic mass is 10.1. The van der Waals surface area contributed by atoms with Gasteiger partial charge in [-0.2, -0.15) is 0 Å². The number of carbonyl (C=O) groups excluding carboxylic acids is 1. The highest BCUT2D eigenvalue weighted by atomic mass is 16.1. The molecule has 28 heavy (non-hydrogen) atoms. The molecule has 146 valence electrons. The molecule has 1 heterocycles. The SMILES string of the molecule is Cc1ccc(NC(=O)C[C@@H](C)N[C@H](C)c2ccc(-n3ccnc3)cc2)c(C)c1. The minimum Gasteiger partial charge on any atom is -0.326 e. The molecule has 2 aromatic carbocycles. The highest BCUT2D eigenvalue weighted by Gasteiger charge is 2.14. The zero-order valence-electron chi connectivity index (χ0n) is 16.9. The van der Waals surface area contributed by atoms with E-state index in [2.05, 4.69) is 52.9 Å². The Labute approximate surface area is 166 Å². The molecule has 2 atom stereocenters. The third-order valence-electron chi connectivity index (χ3n) is 4.88. The van der Waals surface area contributed by atoms with Crippen LogP contribution in [-0.2, 0) is 4.79 Å². The number of amides is 1. The molecule has 0 aliphatic carbocycles. The summed E-state index contributed by atoms with van der Waals surface area (Å²) in [7, 11) is 0. The van der Waals surface area contributed by atoms with Crippen molar-refractivity contribution >= 4 is 11.6 Å². The predicted molar refractivity (Wildman–Crippen MR) is 114 cm³/mol. The van der Waals surface area contributed by atoms with Crippen LogP contribution >= 0.6 is 0 Å². The number of rotatable bonds is 7. The molecule has 0 fully saturated rings. The van der Waals surface area contributed by atoms with Gasteiger partial charge in [0, 0.05) is 42.3 Å². The van der Waals surface area contributed by atoms with Gasteiger partial charge in [-0.25, -0.2) is 4.98 Å². The first-order chi connectivity index (χ1) is 13.4. The Bertz CT molecular complexity index is 916. The van der Waals surface area contributed by atoms with Crippen LogP contribution in [-0.4, -0.2) is 21.5 Å². The number of carbonyl (C=O) groups is 1. The molecule has 3 aromatic rings. The van der Waals surface area contributed by atoms with E-state index in [1.807, 2.05) is 43.7 Å². The number of nitrogens with one attached hydrogen (secondary N) is 2. The summed E-state index contributed by atoms with van der Waals surface area (Å²) in [5.41, 5.74) is 5.42. The maximum absolute atomic E-state index is 12.4. The quantitative estimate of drug-likeness (QED) is 0.636. The van der Waals surface area contributed by atoms with Crippen LogP contribution in [0, 0.1) is 13.8 Å². The molecule has 3 rings (SSSR count). The number of hydrogen-bond acceptors (Lipinski definition) is 3. The number of nitrogens with zero attached hydrogens (tertiary/aromatic N) is 2. The first kappa shape index (κ1) is 19.8. The van der Waals surface area contributed by atoms with Crippen molar-refractivity contribution in [2.45, 2.75) is 46.2 Å². The van der Waals surface area contributed by atoms with Crippen LogP contribution in [0.1, 0.15) is 43.0 Å². The van der Waals surface area contributed by atoms with Crippen LogP contribution in [0.2, 0.25) is 0 Å². The molecule has 1 amide bonds. The van der Waals surface area contributed by atoms with E-state index in [-0.39, 0.29) is 18.0 Å². The van der Waals surface area contributed by atoms with Gasteiger partial charge in [0.15, 0.2) is 0 Å². The highest BCUT2D eigenvalue weighted by molar-refractivity contribution is 5.91. The highest BCUT2D eigenvalue weighted by Crippen LogP contribution is 2.18. The number of benzene rings is 2. The lowest BCUT2D eigenvalue weighted by Gasteiger charge is -2.21. The summed E-state index contributed by atoms with van der Waals surface area (Å²) >= 11 is 0. The van der Waals surface area contributed by atoms with E-state index in [9.17, 15) is 4.79 Å². The Kier molecular flexibility index (Phi) is 6.26. The van der Waals surface area contributed by atoms with Crippen molar-refractivity contribution in [3.05, 3.63) is 77.9 Å². The average molecular weight is 377 g/mol. The molecule has 0 unspecified atom stereocenters. The van der Waals surface area contributed by atoms with E-state index in [4.69, 9.17) is 0 Å². The lowest BCUT2D eigenvalue weighted by molar-refractivity contribution is -0.116. The van der Waals surface area contributed by atoms with Gasteiger partial charge in [0.2, 0.25) is 5.91 Å². The molecule has 5 nitrogen and oxygen atoms in total. The van der Waals surface area contributed by atoms with E-state index in [1.165, 1.54) is 11.1 Å². The van der Waals surface area contributed by atoms with Crippen LogP contribution < -0.4 is 10.6 Å². The number of imidazole rings is 1. The van der Waals surface area contributed by atoms with Crippen molar-refractivity contribution in [2.24, 2.45) is 0 Å². The lowest BCUT2D eigenvalue weighted by Crippen LogP contribution is -2.32. The smallest absolute Gasteiger partial charge is 0.225 e. The van der Waals surface area contributed by atoms with Gasteiger partial charge in [-0.15, -0.1) is 0 Å². The normalized spacial score (nSPS) is 13.1. The molecule has 0 spiro atoms. The molecular formula is C23H28N4O. The monoisotopic (exact) mass is 376 g/mol. The third-order valence-corrected chi connectivity index (χ3v) is 4.88. The van der Waals surface area contributed by atoms with Crippen molar-refractivity contribution < 1.29 is 4.79 Å². The maximum atomic E-state index is 12.4. The number of aryl methyl sites for hydroxylation is 2. The van der Waals surface area contributed by atoms with Crippen molar-refractivity contribution in [3.8, 4) is 5.69 Å². The number of anilines is 1. The maximum Gasteiger partial charge on any atom is 0.225 e. The average Bonchev–Trinajstić information content (AvgIpc) is 3.18. The van der Waals surface area contributed by atoms with Gasteiger partial charge in [0.05, 0.1) is 6.33 Å². The molecule has 0 saturated carbocycles. The van der Waals surface area contributed by atoms with Gasteiger partial charge >= 0.3 is 0 Å². The third kappa shape index (κ3) is 5.08. The molecule has 0 saturated heterocycles. The summed E-state index contributed by atoms with van der Waals surface area (Å²) in [6.45, 7) is 8.22. The van der Waals surface area contributed by atoms with E-state index in [0.29, 0.717) is 6.42 Å². The van der Waals surface area contributed by atoms with Gasteiger partial charge in [-0.05, 0) is 57.0 Å². The predicted octanol–water partition coefficient (Wildman–Crippen LogP) is 4.56. The Morgan fingerprint density at radius 1 is 1.11 bits per heavy atom. The first-order valence-corrected chi connectivity index (χ1v) is 9.64. The molecule has 0 aliphatic heterocycles. The second kappa shape index (κ2) is 8.85. The van der Waals surface area contributed by atoms with Crippen molar-refractivity contribution in [2.75, 3.05) is 5.32 Å². The summed E-state index contributed by atoms with van der Waals surface area (Å²) in [4.78, 5) is 16.5. The van der Waals surface area contributed by atoms with Crippen molar-refractivity contribution in [1.82, 2.24) is 14.9 Å². The minimum absolute atomic E-state index is 0.0228. The Morgan fingerprint density at radius 3 is 2.50 bits per heavy atom. The molecule has 0 radical (unpaired) electrons. The molecule has 2 N–H and O–H groups in total. The second-order valence-electron chi connectivity index (χ2n) is 7.42. The van der Waals surface area contributed by atoms with E-state index < -0.39 is 0 Å². The van der Waals surface area contributed by atoms with Gasteiger partial charge in [0.25, 0.3) is 0 Å². The zero-order valence-corrected chi connectivity index (χ0v) is 16.9. The summed E-state index contributed by atoms with van der Waals surface area (Å²) in [5.74, 6) is 0.0228. The second-order valence-corrected chi connectivity index (χ2v) is 7.42. The molecule has 5 heteroatoms. The number of aromatic nitrogens is 2. The Hall–Kier alpha value is -2.92. The van der Waals surface area contributed by atoms with Crippen LogP contribution in [0.25, 0.3) is 5.69 Å². The largest absolute Gasteiger partial charge is 0.326 e. The van der Waals surface area contributed by atoms with Gasteiger partial charge in [-0.3, -0.25) is 4.79 Å². The first-order valence-electron chi connectivity index (χ1n) is 9.64. The summed E-state index contributed by atoms with van der Waals surface area (Å²) < 4.78 is 1.97. The molecular weight excluding hydrogens is 348 g/mol. The minimum atomic E-state index is 0.0228. The van der Waals surface area contributed by atoms with Crippen molar-refractivity contribution in [1.29, 1.82) is 0 Å². The fourth-order valence-electron chi connectivity index (χ4n) is 3.36. The molecule has 0 aliphatic rings. The van der Waals surface area contributed by atoms with Gasteiger partial charge in [0.1, 0.15) is 0 Å². The van der Waals surface area contributed by atoms with E-state index in [0.717, 1.165) is 16.9 Å². The fraction of sp³-hybridized carbons (Fsp3) is 0.304. The number of hydrogen-bond donors (Lipinski definition) is 2. The van der Waals surface area contributed by atoms with Crippen molar-refractivity contribution in [3.63, 3.8) is 0 Å². The summed E-state index contributed by atoms with van der Waals surface area (Å²) in [6.07, 6.45) is 5.90. The Morgan fingerprint density at radius 2 is 1.86 bits per heavy atom. The molecule has 0 bridgehead atoms. The van der Waals surface area contributed by atoms with Crippen LogP contribution in [0.15, 0.2) is 61.2 Å². The molecule has 1 aromatic heterocycles. The zero-order chi connectivity index (χ0) is 20.1. The fourth-order valence-corrected chi connectivity index (χ4v) is 3.36. The van der Waals surface area contributed by atoms with Crippen LogP contribution in [0.5, 0.6) is 0 Å². The Balaban J connectivity index is 1.53. The van der Waals surface area contributed by atoms with Gasteiger partial charge in [-0.1, -0.05) is 29.8 Å².